The SMILES string of the molecule is CN(C(=N)N)C(=O)c1cc2cccc(Cl)c2[nH]1.Cl. The highest BCUT2D eigenvalue weighted by Gasteiger charge is 2.16. The molecule has 0 fully saturated rings. The van der Waals surface area contributed by atoms with E-state index in [1.165, 1.54) is 7.05 Å². The van der Waals surface area contributed by atoms with Gasteiger partial charge < -0.3 is 10.7 Å². The van der Waals surface area contributed by atoms with Crippen LogP contribution in [0.1, 0.15) is 10.5 Å². The zero-order chi connectivity index (χ0) is 12.6. The van der Waals surface area contributed by atoms with E-state index in [-0.39, 0.29) is 24.3 Å². The number of hydrogen-bond acceptors (Lipinski definition) is 2. The van der Waals surface area contributed by atoms with E-state index >= 15 is 0 Å². The lowest BCUT2D eigenvalue weighted by molar-refractivity contribution is 0.0864. The van der Waals surface area contributed by atoms with Crippen molar-refractivity contribution < 1.29 is 4.79 Å². The van der Waals surface area contributed by atoms with Crippen LogP contribution in [0, 0.1) is 5.41 Å². The number of amides is 1. The molecule has 0 aliphatic carbocycles. The zero-order valence-electron chi connectivity index (χ0n) is 9.53. The zero-order valence-corrected chi connectivity index (χ0v) is 11.1. The van der Waals surface area contributed by atoms with E-state index in [9.17, 15) is 4.79 Å². The highest BCUT2D eigenvalue weighted by Crippen LogP contribution is 2.23. The van der Waals surface area contributed by atoms with Gasteiger partial charge in [0.1, 0.15) is 5.69 Å². The number of benzene rings is 1. The van der Waals surface area contributed by atoms with Crippen LogP contribution >= 0.6 is 24.0 Å². The highest BCUT2D eigenvalue weighted by atomic mass is 35.5. The number of nitrogens with one attached hydrogen (secondary N) is 2. The van der Waals surface area contributed by atoms with Crippen molar-refractivity contribution in [1.82, 2.24) is 9.88 Å². The van der Waals surface area contributed by atoms with E-state index in [0.29, 0.717) is 16.2 Å². The first kappa shape index (κ1) is 14.3. The number of nitrogens with two attached hydrogens (primary N) is 1. The molecule has 5 nitrogen and oxygen atoms in total. The fourth-order valence-electron chi connectivity index (χ4n) is 1.52. The Kier molecular flexibility index (Phi) is 4.21. The molecule has 0 unspecified atom stereocenters. The molecular weight excluding hydrogens is 275 g/mol. The molecule has 2 rings (SSSR count). The van der Waals surface area contributed by atoms with Crippen molar-refractivity contribution in [3.8, 4) is 0 Å². The van der Waals surface area contributed by atoms with Gasteiger partial charge >= 0.3 is 0 Å². The molecule has 0 aliphatic heterocycles. The molecule has 1 amide bonds. The molecule has 0 spiro atoms. The molecule has 96 valence electrons. The van der Waals surface area contributed by atoms with Gasteiger partial charge in [0, 0.05) is 12.4 Å². The summed E-state index contributed by atoms with van der Waals surface area (Å²) < 4.78 is 0. The van der Waals surface area contributed by atoms with Crippen LogP contribution < -0.4 is 5.73 Å². The number of fused-ring (bicyclic) bond motifs is 1. The van der Waals surface area contributed by atoms with Gasteiger partial charge in [-0.1, -0.05) is 23.7 Å². The maximum atomic E-state index is 11.9. The number of halogens is 2. The lowest BCUT2D eigenvalue weighted by Crippen LogP contribution is -2.38. The van der Waals surface area contributed by atoms with Gasteiger partial charge in [-0.05, 0) is 12.1 Å². The number of hydrogen-bond donors (Lipinski definition) is 3. The van der Waals surface area contributed by atoms with Gasteiger partial charge in [0.15, 0.2) is 5.96 Å². The van der Waals surface area contributed by atoms with E-state index in [4.69, 9.17) is 22.7 Å². The normalized spacial score (nSPS) is 9.89. The molecule has 0 aliphatic rings. The number of carbonyl (C=O) groups is 1. The molecule has 1 aromatic heterocycles. The third kappa shape index (κ3) is 2.42. The smallest absolute Gasteiger partial charge is 0.276 e. The van der Waals surface area contributed by atoms with E-state index < -0.39 is 0 Å². The molecule has 2 aromatic rings. The van der Waals surface area contributed by atoms with Crippen molar-refractivity contribution in [2.24, 2.45) is 5.73 Å². The molecule has 0 bridgehead atoms. The Balaban J connectivity index is 0.00000162. The lowest BCUT2D eigenvalue weighted by Gasteiger charge is -2.12. The van der Waals surface area contributed by atoms with E-state index in [0.717, 1.165) is 10.3 Å². The third-order valence-corrected chi connectivity index (χ3v) is 2.82. The fourth-order valence-corrected chi connectivity index (χ4v) is 1.75. The lowest BCUT2D eigenvalue weighted by atomic mass is 10.2. The van der Waals surface area contributed by atoms with Crippen LogP contribution in [0.4, 0.5) is 0 Å². The highest BCUT2D eigenvalue weighted by molar-refractivity contribution is 6.35. The topological polar surface area (TPSA) is 86.0 Å². The Bertz CT molecular complexity index is 608. The first-order valence-corrected chi connectivity index (χ1v) is 5.28. The van der Waals surface area contributed by atoms with Crippen LogP contribution in [0.15, 0.2) is 24.3 Å². The fraction of sp³-hybridized carbons (Fsp3) is 0.0909. The predicted octanol–water partition coefficient (Wildman–Crippen LogP) is 2.21. The molecule has 0 radical (unpaired) electrons. The summed E-state index contributed by atoms with van der Waals surface area (Å²) in [4.78, 5) is 15.9. The molecule has 1 heterocycles. The van der Waals surface area contributed by atoms with Gasteiger partial charge in [-0.2, -0.15) is 0 Å². The van der Waals surface area contributed by atoms with Gasteiger partial charge in [0.25, 0.3) is 5.91 Å². The van der Waals surface area contributed by atoms with Crippen LogP contribution in [-0.2, 0) is 0 Å². The summed E-state index contributed by atoms with van der Waals surface area (Å²) >= 11 is 5.99. The Morgan fingerprint density at radius 3 is 2.72 bits per heavy atom. The van der Waals surface area contributed by atoms with E-state index in [1.54, 1.807) is 18.2 Å². The Hall–Kier alpha value is -1.72. The molecule has 18 heavy (non-hydrogen) atoms. The minimum absolute atomic E-state index is 0. The first-order valence-electron chi connectivity index (χ1n) is 4.90. The Morgan fingerprint density at radius 2 is 2.17 bits per heavy atom. The average Bonchev–Trinajstić information content (AvgIpc) is 2.72. The number of rotatable bonds is 1. The average molecular weight is 287 g/mol. The quantitative estimate of drug-likeness (QED) is 0.555. The largest absolute Gasteiger partial charge is 0.370 e. The van der Waals surface area contributed by atoms with Crippen molar-refractivity contribution in [3.63, 3.8) is 0 Å². The Labute approximate surface area is 115 Å². The van der Waals surface area contributed by atoms with Gasteiger partial charge in [-0.15, -0.1) is 12.4 Å². The second kappa shape index (κ2) is 5.29. The molecule has 0 atom stereocenters. The maximum Gasteiger partial charge on any atom is 0.276 e. The predicted molar refractivity (Wildman–Crippen MR) is 74.6 cm³/mol. The number of H-pyrrole nitrogens is 1. The summed E-state index contributed by atoms with van der Waals surface area (Å²) in [5, 5.41) is 8.59. The summed E-state index contributed by atoms with van der Waals surface area (Å²) in [6.07, 6.45) is 0. The molecule has 4 N–H and O–H groups in total. The first-order chi connectivity index (χ1) is 8.00. The van der Waals surface area contributed by atoms with Gasteiger partial charge in [-0.3, -0.25) is 15.1 Å². The van der Waals surface area contributed by atoms with Crippen molar-refractivity contribution in [3.05, 3.63) is 35.0 Å². The number of nitrogens with zero attached hydrogens (tertiary/aromatic N) is 1. The van der Waals surface area contributed by atoms with Crippen molar-refractivity contribution in [1.29, 1.82) is 5.41 Å². The minimum atomic E-state index is -0.371. The van der Waals surface area contributed by atoms with Gasteiger partial charge in [0.05, 0.1) is 10.5 Å². The number of guanidine groups is 1. The van der Waals surface area contributed by atoms with E-state index in [2.05, 4.69) is 4.98 Å². The van der Waals surface area contributed by atoms with Crippen LogP contribution in [0.25, 0.3) is 10.9 Å². The van der Waals surface area contributed by atoms with Crippen molar-refractivity contribution in [2.45, 2.75) is 0 Å². The van der Waals surface area contributed by atoms with Gasteiger partial charge in [0.2, 0.25) is 0 Å². The van der Waals surface area contributed by atoms with Crippen molar-refractivity contribution >= 4 is 46.8 Å². The number of aromatic amines is 1. The monoisotopic (exact) mass is 286 g/mol. The summed E-state index contributed by atoms with van der Waals surface area (Å²) in [6, 6.07) is 7.08. The second-order valence-corrected chi connectivity index (χ2v) is 4.04. The molecule has 0 saturated heterocycles. The number of aromatic nitrogens is 1. The molecule has 1 aromatic carbocycles. The van der Waals surface area contributed by atoms with Crippen LogP contribution in [0.5, 0.6) is 0 Å². The summed E-state index contributed by atoms with van der Waals surface area (Å²) in [6.45, 7) is 0. The Morgan fingerprint density at radius 1 is 1.50 bits per heavy atom. The van der Waals surface area contributed by atoms with Crippen LogP contribution in [-0.4, -0.2) is 28.8 Å². The minimum Gasteiger partial charge on any atom is -0.370 e. The molecular formula is C11H12Cl2N4O. The maximum absolute atomic E-state index is 11.9. The van der Waals surface area contributed by atoms with E-state index in [1.807, 2.05) is 6.07 Å². The summed E-state index contributed by atoms with van der Waals surface area (Å²) in [7, 11) is 1.44. The number of para-hydroxylation sites is 1. The van der Waals surface area contributed by atoms with Gasteiger partial charge in [-0.25, -0.2) is 0 Å². The second-order valence-electron chi connectivity index (χ2n) is 3.64. The third-order valence-electron chi connectivity index (χ3n) is 2.50. The molecule has 0 saturated carbocycles. The number of carbonyl (C=O) groups excluding carboxylic acids is 1. The molecule has 7 heteroatoms. The summed E-state index contributed by atoms with van der Waals surface area (Å²) in [5.41, 5.74) is 6.30. The standard InChI is InChI=1S/C11H11ClN4O.ClH/c1-16(11(13)14)10(17)8-5-6-3-2-4-7(12)9(6)15-8;/h2-5,15H,1H3,(H3,13,14);1H. The summed E-state index contributed by atoms with van der Waals surface area (Å²) in [5.74, 6) is -0.676. The van der Waals surface area contributed by atoms with Crippen molar-refractivity contribution in [2.75, 3.05) is 7.05 Å². The van der Waals surface area contributed by atoms with Crippen LogP contribution in [0.3, 0.4) is 0 Å². The van der Waals surface area contributed by atoms with Crippen LogP contribution in [0.2, 0.25) is 5.02 Å².